The molecule has 1 fully saturated rings. The smallest absolute Gasteiger partial charge is 0.410 e. The Morgan fingerprint density at radius 2 is 1.85 bits per heavy atom. The van der Waals surface area contributed by atoms with Gasteiger partial charge in [0.15, 0.2) is 0 Å². The second-order valence-electron chi connectivity index (χ2n) is 8.45. The normalized spacial score (nSPS) is 20.9. The summed E-state index contributed by atoms with van der Waals surface area (Å²) in [5.74, 6) is 0.281. The summed E-state index contributed by atoms with van der Waals surface area (Å²) in [7, 11) is 3.96. The van der Waals surface area contributed by atoms with Crippen molar-refractivity contribution in [2.75, 3.05) is 20.6 Å². The van der Waals surface area contributed by atoms with Gasteiger partial charge in [-0.25, -0.2) is 4.79 Å². The summed E-state index contributed by atoms with van der Waals surface area (Å²) in [5.41, 5.74) is 0.527. The van der Waals surface area contributed by atoms with Gasteiger partial charge < -0.3 is 14.5 Å². The van der Waals surface area contributed by atoms with Crippen molar-refractivity contribution < 1.29 is 14.3 Å². The molecule has 1 aromatic carbocycles. The first-order chi connectivity index (χ1) is 12.2. The van der Waals surface area contributed by atoms with E-state index in [0.29, 0.717) is 31.6 Å². The van der Waals surface area contributed by atoms with Crippen LogP contribution in [0.15, 0.2) is 30.3 Å². The SMILES string of the molecule is CN(C)CC1CC(N(Cc2ccccc2)C(=O)OC(C)(C)C)CCC1=O. The predicted molar refractivity (Wildman–Crippen MR) is 103 cm³/mol. The maximum atomic E-state index is 12.9. The molecule has 1 aromatic rings. The van der Waals surface area contributed by atoms with E-state index >= 15 is 0 Å². The Kier molecular flexibility index (Phi) is 6.81. The molecule has 1 amide bonds. The number of ether oxygens (including phenoxy) is 1. The average molecular weight is 360 g/mol. The molecule has 2 unspecified atom stereocenters. The zero-order chi connectivity index (χ0) is 19.3. The van der Waals surface area contributed by atoms with Gasteiger partial charge in [0, 0.05) is 31.5 Å². The number of Topliss-reactive ketones (excluding diaryl/α,β-unsaturated/α-hetero) is 1. The molecule has 1 aliphatic carbocycles. The maximum Gasteiger partial charge on any atom is 0.410 e. The zero-order valence-corrected chi connectivity index (χ0v) is 16.7. The monoisotopic (exact) mass is 360 g/mol. The van der Waals surface area contributed by atoms with Crippen LogP contribution in [0.25, 0.3) is 0 Å². The average Bonchev–Trinajstić information content (AvgIpc) is 2.54. The number of nitrogens with zero attached hydrogens (tertiary/aromatic N) is 2. The van der Waals surface area contributed by atoms with Gasteiger partial charge in [0.2, 0.25) is 0 Å². The van der Waals surface area contributed by atoms with Crippen LogP contribution in [0.2, 0.25) is 0 Å². The predicted octanol–water partition coefficient (Wildman–Crippen LogP) is 3.72. The molecule has 0 N–H and O–H groups in total. The lowest BCUT2D eigenvalue weighted by Crippen LogP contribution is -2.47. The number of hydrogen-bond donors (Lipinski definition) is 0. The fourth-order valence-corrected chi connectivity index (χ4v) is 3.43. The highest BCUT2D eigenvalue weighted by atomic mass is 16.6. The lowest BCUT2D eigenvalue weighted by atomic mass is 9.83. The summed E-state index contributed by atoms with van der Waals surface area (Å²) in [5, 5.41) is 0. The molecule has 144 valence electrons. The Bertz CT molecular complexity index is 607. The Morgan fingerprint density at radius 3 is 2.42 bits per heavy atom. The molecule has 0 heterocycles. The van der Waals surface area contributed by atoms with Crippen LogP contribution < -0.4 is 0 Å². The third-order valence-electron chi connectivity index (χ3n) is 4.59. The first kappa shape index (κ1) is 20.4. The van der Waals surface area contributed by atoms with E-state index in [-0.39, 0.29) is 18.1 Å². The van der Waals surface area contributed by atoms with E-state index in [9.17, 15) is 9.59 Å². The van der Waals surface area contributed by atoms with Crippen LogP contribution in [-0.4, -0.2) is 54.0 Å². The minimum absolute atomic E-state index is 0.0210. The Balaban J connectivity index is 2.19. The summed E-state index contributed by atoms with van der Waals surface area (Å²) in [6, 6.07) is 9.97. The number of carbonyl (C=O) groups is 2. The van der Waals surface area contributed by atoms with Crippen LogP contribution in [0.3, 0.4) is 0 Å². The van der Waals surface area contributed by atoms with Crippen molar-refractivity contribution in [2.24, 2.45) is 5.92 Å². The van der Waals surface area contributed by atoms with Crippen molar-refractivity contribution in [1.82, 2.24) is 9.80 Å². The first-order valence-corrected chi connectivity index (χ1v) is 9.36. The standard InChI is InChI=1S/C21H32N2O3/c1-21(2,3)26-20(25)23(14-16-9-7-6-8-10-16)18-11-12-19(24)17(13-18)15-22(4)5/h6-10,17-18H,11-15H2,1-5H3. The Hall–Kier alpha value is -1.88. The van der Waals surface area contributed by atoms with Gasteiger partial charge in [-0.3, -0.25) is 4.79 Å². The van der Waals surface area contributed by atoms with E-state index in [1.165, 1.54) is 0 Å². The summed E-state index contributed by atoms with van der Waals surface area (Å²) >= 11 is 0. The molecule has 2 rings (SSSR count). The van der Waals surface area contributed by atoms with E-state index in [1.54, 1.807) is 0 Å². The van der Waals surface area contributed by atoms with E-state index in [2.05, 4.69) is 0 Å². The molecule has 26 heavy (non-hydrogen) atoms. The largest absolute Gasteiger partial charge is 0.444 e. The molecule has 2 atom stereocenters. The molecule has 0 spiro atoms. The van der Waals surface area contributed by atoms with E-state index in [0.717, 1.165) is 12.1 Å². The Labute approximate surface area is 157 Å². The summed E-state index contributed by atoms with van der Waals surface area (Å²) in [4.78, 5) is 29.0. The maximum absolute atomic E-state index is 12.9. The highest BCUT2D eigenvalue weighted by Gasteiger charge is 2.35. The topological polar surface area (TPSA) is 49.9 Å². The van der Waals surface area contributed by atoms with Crippen LogP contribution in [0.1, 0.15) is 45.6 Å². The van der Waals surface area contributed by atoms with Crippen molar-refractivity contribution in [3.05, 3.63) is 35.9 Å². The molecule has 5 heteroatoms. The molecule has 1 saturated carbocycles. The number of ketones is 1. The van der Waals surface area contributed by atoms with Crippen LogP contribution >= 0.6 is 0 Å². The van der Waals surface area contributed by atoms with E-state index < -0.39 is 5.60 Å². The highest BCUT2D eigenvalue weighted by molar-refractivity contribution is 5.82. The van der Waals surface area contributed by atoms with Gasteiger partial charge in [-0.15, -0.1) is 0 Å². The van der Waals surface area contributed by atoms with Gasteiger partial charge in [0.1, 0.15) is 11.4 Å². The molecule has 0 aromatic heterocycles. The summed E-state index contributed by atoms with van der Waals surface area (Å²) in [6.07, 6.45) is 1.62. The molecule has 0 aliphatic heterocycles. The van der Waals surface area contributed by atoms with Gasteiger partial charge in [0.25, 0.3) is 0 Å². The van der Waals surface area contributed by atoms with Crippen LogP contribution in [0.4, 0.5) is 4.79 Å². The lowest BCUT2D eigenvalue weighted by Gasteiger charge is -2.38. The third-order valence-corrected chi connectivity index (χ3v) is 4.59. The van der Waals surface area contributed by atoms with Gasteiger partial charge in [-0.2, -0.15) is 0 Å². The van der Waals surface area contributed by atoms with E-state index in [4.69, 9.17) is 4.74 Å². The third kappa shape index (κ3) is 6.13. The molecule has 5 nitrogen and oxygen atoms in total. The molecular formula is C21H32N2O3. The van der Waals surface area contributed by atoms with Crippen molar-refractivity contribution in [3.8, 4) is 0 Å². The first-order valence-electron chi connectivity index (χ1n) is 9.36. The number of rotatable bonds is 5. The van der Waals surface area contributed by atoms with Crippen molar-refractivity contribution in [2.45, 2.75) is 58.2 Å². The number of amides is 1. The summed E-state index contributed by atoms with van der Waals surface area (Å²) in [6.45, 7) is 6.87. The van der Waals surface area contributed by atoms with Gasteiger partial charge in [-0.05, 0) is 53.3 Å². The fraction of sp³-hybridized carbons (Fsp3) is 0.619. The van der Waals surface area contributed by atoms with Crippen molar-refractivity contribution in [1.29, 1.82) is 0 Å². The number of benzene rings is 1. The molecule has 0 radical (unpaired) electrons. The minimum atomic E-state index is -0.542. The molecule has 0 bridgehead atoms. The van der Waals surface area contributed by atoms with Gasteiger partial charge in [0.05, 0.1) is 0 Å². The van der Waals surface area contributed by atoms with Crippen LogP contribution in [0.5, 0.6) is 0 Å². The molecule has 0 saturated heterocycles. The van der Waals surface area contributed by atoms with Gasteiger partial charge in [-0.1, -0.05) is 30.3 Å². The number of carbonyl (C=O) groups excluding carboxylic acids is 2. The van der Waals surface area contributed by atoms with E-state index in [1.807, 2.05) is 75.0 Å². The highest BCUT2D eigenvalue weighted by Crippen LogP contribution is 2.28. The quantitative estimate of drug-likeness (QED) is 0.803. The van der Waals surface area contributed by atoms with Crippen molar-refractivity contribution in [3.63, 3.8) is 0 Å². The van der Waals surface area contributed by atoms with Crippen LogP contribution in [0, 0.1) is 5.92 Å². The fourth-order valence-electron chi connectivity index (χ4n) is 3.43. The molecule has 1 aliphatic rings. The van der Waals surface area contributed by atoms with Crippen LogP contribution in [-0.2, 0) is 16.1 Å². The van der Waals surface area contributed by atoms with Crippen molar-refractivity contribution >= 4 is 11.9 Å². The second kappa shape index (κ2) is 8.67. The lowest BCUT2D eigenvalue weighted by molar-refractivity contribution is -0.126. The Morgan fingerprint density at radius 1 is 1.19 bits per heavy atom. The second-order valence-corrected chi connectivity index (χ2v) is 8.45. The number of hydrogen-bond acceptors (Lipinski definition) is 4. The van der Waals surface area contributed by atoms with Gasteiger partial charge >= 0.3 is 6.09 Å². The zero-order valence-electron chi connectivity index (χ0n) is 16.7. The molecular weight excluding hydrogens is 328 g/mol. The minimum Gasteiger partial charge on any atom is -0.444 e. The summed E-state index contributed by atoms with van der Waals surface area (Å²) < 4.78 is 5.66.